The Morgan fingerprint density at radius 2 is 2.00 bits per heavy atom. The molecule has 4 heteroatoms. The number of aliphatic carboxylic acids is 1. The Morgan fingerprint density at radius 1 is 1.33 bits per heavy atom. The van der Waals surface area contributed by atoms with E-state index in [9.17, 15) is 9.90 Å². The molecule has 0 radical (unpaired) electrons. The molecular formula is C14H18O4. The van der Waals surface area contributed by atoms with E-state index in [-0.39, 0.29) is 12.3 Å². The van der Waals surface area contributed by atoms with E-state index in [1.165, 1.54) is 0 Å². The van der Waals surface area contributed by atoms with Crippen LogP contribution in [0.3, 0.4) is 0 Å². The third-order valence-corrected chi connectivity index (χ3v) is 3.37. The summed E-state index contributed by atoms with van der Waals surface area (Å²) in [7, 11) is 0. The van der Waals surface area contributed by atoms with Crippen LogP contribution in [0.2, 0.25) is 0 Å². The largest absolute Gasteiger partial charge is 0.481 e. The number of para-hydroxylation sites is 1. The predicted molar refractivity (Wildman–Crippen MR) is 66.4 cm³/mol. The van der Waals surface area contributed by atoms with Crippen molar-refractivity contribution in [1.82, 2.24) is 0 Å². The van der Waals surface area contributed by atoms with Crippen molar-refractivity contribution >= 4 is 5.97 Å². The van der Waals surface area contributed by atoms with Crippen molar-refractivity contribution in [1.29, 1.82) is 0 Å². The fraction of sp³-hybridized carbons (Fsp3) is 0.500. The molecule has 0 spiro atoms. The second-order valence-electron chi connectivity index (χ2n) is 4.73. The molecular weight excluding hydrogens is 232 g/mol. The Balaban J connectivity index is 2.05. The Bertz CT molecular complexity index is 410. The van der Waals surface area contributed by atoms with Gasteiger partial charge in [-0.1, -0.05) is 31.0 Å². The lowest BCUT2D eigenvalue weighted by molar-refractivity contribution is -0.136. The van der Waals surface area contributed by atoms with Crippen molar-refractivity contribution in [2.24, 2.45) is 5.92 Å². The smallest absolute Gasteiger partial charge is 0.307 e. The second kappa shape index (κ2) is 5.87. The van der Waals surface area contributed by atoms with E-state index in [1.54, 1.807) is 24.3 Å². The zero-order valence-corrected chi connectivity index (χ0v) is 10.2. The Labute approximate surface area is 106 Å². The molecule has 0 aliphatic heterocycles. The summed E-state index contributed by atoms with van der Waals surface area (Å²) >= 11 is 0. The molecule has 1 fully saturated rings. The number of carboxylic acid groups (broad SMARTS) is 1. The molecule has 1 atom stereocenters. The van der Waals surface area contributed by atoms with Crippen LogP contribution in [-0.2, 0) is 11.2 Å². The van der Waals surface area contributed by atoms with Crippen LogP contribution in [0.1, 0.15) is 31.2 Å². The minimum atomic E-state index is -0.901. The van der Waals surface area contributed by atoms with Crippen molar-refractivity contribution < 1.29 is 19.7 Å². The van der Waals surface area contributed by atoms with Gasteiger partial charge in [0, 0.05) is 11.5 Å². The number of aliphatic hydroxyl groups is 1. The minimum absolute atomic E-state index is 0.0897. The molecule has 18 heavy (non-hydrogen) atoms. The zero-order chi connectivity index (χ0) is 13.0. The SMILES string of the molecule is O=C(O)Cc1ccccc1OC(O)C1CCCC1. The van der Waals surface area contributed by atoms with Crippen LogP contribution in [0.5, 0.6) is 5.75 Å². The summed E-state index contributed by atoms with van der Waals surface area (Å²) in [4.78, 5) is 10.7. The van der Waals surface area contributed by atoms with Gasteiger partial charge in [0.05, 0.1) is 6.42 Å². The molecule has 1 aliphatic rings. The average Bonchev–Trinajstić information content (AvgIpc) is 2.84. The fourth-order valence-corrected chi connectivity index (χ4v) is 2.40. The summed E-state index contributed by atoms with van der Waals surface area (Å²) in [6.07, 6.45) is 3.28. The van der Waals surface area contributed by atoms with E-state index < -0.39 is 12.3 Å². The second-order valence-corrected chi connectivity index (χ2v) is 4.73. The molecule has 1 aromatic carbocycles. The number of carbonyl (C=O) groups is 1. The Hall–Kier alpha value is -1.55. The van der Waals surface area contributed by atoms with Crippen LogP contribution in [0, 0.1) is 5.92 Å². The van der Waals surface area contributed by atoms with E-state index >= 15 is 0 Å². The molecule has 2 rings (SSSR count). The third kappa shape index (κ3) is 3.23. The first-order valence-corrected chi connectivity index (χ1v) is 6.31. The third-order valence-electron chi connectivity index (χ3n) is 3.37. The van der Waals surface area contributed by atoms with Gasteiger partial charge in [0.15, 0.2) is 6.29 Å². The zero-order valence-electron chi connectivity index (χ0n) is 10.2. The van der Waals surface area contributed by atoms with Gasteiger partial charge in [-0.25, -0.2) is 0 Å². The van der Waals surface area contributed by atoms with Gasteiger partial charge in [-0.15, -0.1) is 0 Å². The quantitative estimate of drug-likeness (QED) is 0.786. The van der Waals surface area contributed by atoms with E-state index in [1.807, 2.05) is 0 Å². The van der Waals surface area contributed by atoms with Gasteiger partial charge in [0.25, 0.3) is 0 Å². The highest BCUT2D eigenvalue weighted by Gasteiger charge is 2.25. The standard InChI is InChI=1S/C14H18O4/c15-13(16)9-11-7-3-4-8-12(11)18-14(17)10-5-1-2-6-10/h3-4,7-8,10,14,17H,1-2,5-6,9H2,(H,15,16). The molecule has 0 amide bonds. The number of benzene rings is 1. The number of hydrogen-bond donors (Lipinski definition) is 2. The lowest BCUT2D eigenvalue weighted by Crippen LogP contribution is -2.25. The Kier molecular flexibility index (Phi) is 4.20. The molecule has 1 saturated carbocycles. The van der Waals surface area contributed by atoms with E-state index in [2.05, 4.69) is 0 Å². The molecule has 0 bridgehead atoms. The van der Waals surface area contributed by atoms with Crippen molar-refractivity contribution in [2.75, 3.05) is 0 Å². The van der Waals surface area contributed by atoms with Gasteiger partial charge in [-0.2, -0.15) is 0 Å². The van der Waals surface area contributed by atoms with Gasteiger partial charge in [0.1, 0.15) is 5.75 Å². The van der Waals surface area contributed by atoms with Crippen molar-refractivity contribution in [3.05, 3.63) is 29.8 Å². The highest BCUT2D eigenvalue weighted by atomic mass is 16.6. The molecule has 1 aliphatic carbocycles. The molecule has 0 saturated heterocycles. The first-order chi connectivity index (χ1) is 8.66. The molecule has 1 unspecified atom stereocenters. The summed E-state index contributed by atoms with van der Waals surface area (Å²) in [5.74, 6) is -0.261. The monoisotopic (exact) mass is 250 g/mol. The Morgan fingerprint density at radius 3 is 2.67 bits per heavy atom. The van der Waals surface area contributed by atoms with E-state index in [0.29, 0.717) is 11.3 Å². The number of rotatable bonds is 5. The highest BCUT2D eigenvalue weighted by molar-refractivity contribution is 5.71. The average molecular weight is 250 g/mol. The maximum Gasteiger partial charge on any atom is 0.307 e. The van der Waals surface area contributed by atoms with Gasteiger partial charge < -0.3 is 14.9 Å². The number of ether oxygens (including phenoxy) is 1. The molecule has 0 heterocycles. The fourth-order valence-electron chi connectivity index (χ4n) is 2.40. The lowest BCUT2D eigenvalue weighted by atomic mass is 10.1. The number of carboxylic acids is 1. The van der Waals surface area contributed by atoms with Gasteiger partial charge in [-0.3, -0.25) is 4.79 Å². The molecule has 98 valence electrons. The van der Waals surface area contributed by atoms with E-state index in [0.717, 1.165) is 25.7 Å². The lowest BCUT2D eigenvalue weighted by Gasteiger charge is -2.20. The highest BCUT2D eigenvalue weighted by Crippen LogP contribution is 2.30. The van der Waals surface area contributed by atoms with Crippen LogP contribution in [0.15, 0.2) is 24.3 Å². The van der Waals surface area contributed by atoms with Crippen LogP contribution >= 0.6 is 0 Å². The van der Waals surface area contributed by atoms with Crippen LogP contribution in [0.4, 0.5) is 0 Å². The summed E-state index contributed by atoms with van der Waals surface area (Å²) < 4.78 is 5.52. The van der Waals surface area contributed by atoms with Crippen LogP contribution in [-0.4, -0.2) is 22.5 Å². The molecule has 2 N–H and O–H groups in total. The molecule has 4 nitrogen and oxygen atoms in total. The predicted octanol–water partition coefficient (Wildman–Crippen LogP) is 2.20. The van der Waals surface area contributed by atoms with E-state index in [4.69, 9.17) is 9.84 Å². The minimum Gasteiger partial charge on any atom is -0.481 e. The van der Waals surface area contributed by atoms with Crippen molar-refractivity contribution in [2.45, 2.75) is 38.4 Å². The summed E-state index contributed by atoms with van der Waals surface area (Å²) in [5, 5.41) is 18.8. The molecule has 1 aromatic rings. The normalized spacial score (nSPS) is 17.6. The number of hydrogen-bond acceptors (Lipinski definition) is 3. The van der Waals surface area contributed by atoms with Gasteiger partial charge in [0.2, 0.25) is 0 Å². The van der Waals surface area contributed by atoms with Crippen LogP contribution in [0.25, 0.3) is 0 Å². The van der Waals surface area contributed by atoms with Crippen molar-refractivity contribution in [3.8, 4) is 5.75 Å². The van der Waals surface area contributed by atoms with Crippen LogP contribution < -0.4 is 4.74 Å². The first kappa shape index (κ1) is 12.9. The summed E-state index contributed by atoms with van der Waals surface area (Å²) in [6.45, 7) is 0. The maximum absolute atomic E-state index is 10.7. The molecule has 0 aromatic heterocycles. The summed E-state index contributed by atoms with van der Waals surface area (Å²) in [6, 6.07) is 6.97. The van der Waals surface area contributed by atoms with Gasteiger partial charge >= 0.3 is 5.97 Å². The summed E-state index contributed by atoms with van der Waals surface area (Å²) in [5.41, 5.74) is 0.599. The first-order valence-electron chi connectivity index (χ1n) is 6.31. The van der Waals surface area contributed by atoms with Gasteiger partial charge in [-0.05, 0) is 18.9 Å². The number of aliphatic hydroxyl groups excluding tert-OH is 1. The van der Waals surface area contributed by atoms with Crippen molar-refractivity contribution in [3.63, 3.8) is 0 Å². The topological polar surface area (TPSA) is 66.8 Å². The maximum atomic E-state index is 10.7.